The molecule has 0 heterocycles. The Morgan fingerprint density at radius 2 is 1.83 bits per heavy atom. The molecule has 0 aromatic carbocycles. The van der Waals surface area contributed by atoms with Gasteiger partial charge in [0.2, 0.25) is 0 Å². The quantitative estimate of drug-likeness (QED) is 0.438. The molecule has 0 rings (SSSR count). The third-order valence-corrected chi connectivity index (χ3v) is 2.45. The average Bonchev–Trinajstić information content (AvgIpc) is 2.06. The van der Waals surface area contributed by atoms with Gasteiger partial charge in [-0.25, -0.2) is 0 Å². The minimum Gasteiger partial charge on any atom is -0.405 e. The minimum absolute atomic E-state index is 0.372. The molecule has 0 amide bonds. The number of aliphatic hydroxyl groups is 1. The summed E-state index contributed by atoms with van der Waals surface area (Å²) < 4.78 is 0. The summed E-state index contributed by atoms with van der Waals surface area (Å²) in [7, 11) is 1.01. The molecule has 1 N–H and O–H groups in total. The topological polar surface area (TPSA) is 20.2 Å². The van der Waals surface area contributed by atoms with Crippen LogP contribution in [0.5, 0.6) is 0 Å². The van der Waals surface area contributed by atoms with Gasteiger partial charge in [0.15, 0.2) is 7.28 Å². The number of hydrogen-bond acceptors (Lipinski definition) is 1. The third-order valence-electron chi connectivity index (χ3n) is 2.45. The van der Waals surface area contributed by atoms with E-state index in [1.165, 1.54) is 38.5 Å². The molecule has 0 radical (unpaired) electrons. The Morgan fingerprint density at radius 1 is 1.08 bits per heavy atom. The molecule has 1 unspecified atom stereocenters. The van der Waals surface area contributed by atoms with Crippen molar-refractivity contribution in [3.05, 3.63) is 0 Å². The van der Waals surface area contributed by atoms with Crippen LogP contribution in [0.2, 0.25) is 5.82 Å². The zero-order chi connectivity index (χ0) is 9.23. The second-order valence-electron chi connectivity index (χ2n) is 3.66. The number of aliphatic hydroxyl groups excluding tert-OH is 1. The van der Waals surface area contributed by atoms with Crippen molar-refractivity contribution in [3.63, 3.8) is 0 Å². The van der Waals surface area contributed by atoms with Crippen molar-refractivity contribution in [2.45, 2.75) is 58.2 Å². The molecule has 0 saturated heterocycles. The highest BCUT2D eigenvalue weighted by Gasteiger charge is 2.07. The van der Waals surface area contributed by atoms with E-state index in [1.54, 1.807) is 0 Å². The highest BCUT2D eigenvalue weighted by Crippen LogP contribution is 2.19. The van der Waals surface area contributed by atoms with Crippen molar-refractivity contribution in [2.24, 2.45) is 0 Å². The molecule has 0 spiro atoms. The summed E-state index contributed by atoms with van der Waals surface area (Å²) >= 11 is 0. The van der Waals surface area contributed by atoms with Crippen LogP contribution < -0.4 is 0 Å². The van der Waals surface area contributed by atoms with Gasteiger partial charge in [-0.2, -0.15) is 0 Å². The van der Waals surface area contributed by atoms with E-state index in [0.29, 0.717) is 6.51 Å². The molecule has 0 aliphatic carbocycles. The molecule has 12 heavy (non-hydrogen) atoms. The highest BCUT2D eigenvalue weighted by atomic mass is 16.2. The molecule has 1 atom stereocenters. The van der Waals surface area contributed by atoms with Gasteiger partial charge in [0.25, 0.3) is 0 Å². The van der Waals surface area contributed by atoms with Crippen LogP contribution >= 0.6 is 0 Å². The van der Waals surface area contributed by atoms with Gasteiger partial charge in [0, 0.05) is 6.51 Å². The predicted octanol–water partition coefficient (Wildman–Crippen LogP) is 2.54. The van der Waals surface area contributed by atoms with Crippen molar-refractivity contribution in [3.8, 4) is 0 Å². The lowest BCUT2D eigenvalue weighted by molar-refractivity contribution is 0.362. The maximum Gasteiger partial charge on any atom is 0.156 e. The summed E-state index contributed by atoms with van der Waals surface area (Å²) in [4.78, 5) is 0. The molecule has 0 aliphatic heterocycles. The minimum atomic E-state index is 0.372. The van der Waals surface area contributed by atoms with Crippen LogP contribution in [0.1, 0.15) is 52.4 Å². The molecular formula is C10H23BO. The first-order valence-corrected chi connectivity index (χ1v) is 5.46. The zero-order valence-electron chi connectivity index (χ0n) is 8.68. The molecule has 0 aliphatic rings. The van der Waals surface area contributed by atoms with Gasteiger partial charge in [-0.3, -0.25) is 0 Å². The summed E-state index contributed by atoms with van der Waals surface area (Å²) in [5.41, 5.74) is 0. The molecular weight excluding hydrogens is 147 g/mol. The van der Waals surface area contributed by atoms with E-state index in [9.17, 15) is 0 Å². The summed E-state index contributed by atoms with van der Waals surface area (Å²) in [5, 5.41) is 8.82. The van der Waals surface area contributed by atoms with Crippen LogP contribution in [-0.4, -0.2) is 18.9 Å². The van der Waals surface area contributed by atoms with Crippen LogP contribution in [0.4, 0.5) is 0 Å². The van der Waals surface area contributed by atoms with Crippen molar-refractivity contribution in [2.75, 3.05) is 6.51 Å². The first-order chi connectivity index (χ1) is 5.85. The van der Waals surface area contributed by atoms with Gasteiger partial charge in [-0.05, 0) is 0 Å². The summed E-state index contributed by atoms with van der Waals surface area (Å²) in [6.45, 7) is 4.84. The number of unbranched alkanes of at least 4 members (excludes halogenated alkanes) is 2. The van der Waals surface area contributed by atoms with E-state index in [1.807, 2.05) is 0 Å². The molecule has 0 fully saturated rings. The molecule has 0 saturated carbocycles. The van der Waals surface area contributed by atoms with E-state index in [2.05, 4.69) is 13.8 Å². The van der Waals surface area contributed by atoms with Gasteiger partial charge in [0.05, 0.1) is 0 Å². The van der Waals surface area contributed by atoms with Crippen molar-refractivity contribution >= 4 is 7.28 Å². The fourth-order valence-electron chi connectivity index (χ4n) is 1.71. The van der Waals surface area contributed by atoms with Crippen LogP contribution in [-0.2, 0) is 0 Å². The largest absolute Gasteiger partial charge is 0.405 e. The lowest BCUT2D eigenvalue weighted by Gasteiger charge is -2.12. The maximum absolute atomic E-state index is 8.82. The van der Waals surface area contributed by atoms with Gasteiger partial charge >= 0.3 is 0 Å². The van der Waals surface area contributed by atoms with E-state index in [-0.39, 0.29) is 0 Å². The first kappa shape index (κ1) is 12.0. The average molecular weight is 170 g/mol. The zero-order valence-corrected chi connectivity index (χ0v) is 8.68. The number of hydrogen-bond donors (Lipinski definition) is 1. The standard InChI is InChI=1S/C10H23BO/c1-3-5-6-8-10(7-4-2)11-9-12/h10-12H,3-9H2,1-2H3. The maximum atomic E-state index is 8.82. The molecule has 2 heteroatoms. The van der Waals surface area contributed by atoms with Crippen molar-refractivity contribution < 1.29 is 5.11 Å². The Kier molecular flexibility index (Phi) is 9.13. The fraction of sp³-hybridized carbons (Fsp3) is 1.00. The Bertz CT molecular complexity index is 79.9. The smallest absolute Gasteiger partial charge is 0.156 e. The van der Waals surface area contributed by atoms with Crippen LogP contribution in [0, 0.1) is 0 Å². The molecule has 0 aromatic heterocycles. The fourth-order valence-corrected chi connectivity index (χ4v) is 1.71. The molecule has 1 nitrogen and oxygen atoms in total. The molecule has 72 valence electrons. The summed E-state index contributed by atoms with van der Waals surface area (Å²) in [6.07, 6.45) is 7.88. The monoisotopic (exact) mass is 170 g/mol. The predicted molar refractivity (Wildman–Crippen MR) is 57.0 cm³/mol. The first-order valence-electron chi connectivity index (χ1n) is 5.46. The third kappa shape index (κ3) is 6.72. The second-order valence-corrected chi connectivity index (χ2v) is 3.66. The molecule has 0 bridgehead atoms. The Morgan fingerprint density at radius 3 is 2.33 bits per heavy atom. The Labute approximate surface area is 77.8 Å². The Balaban J connectivity index is 3.34. The lowest BCUT2D eigenvalue weighted by Crippen LogP contribution is -2.08. The van der Waals surface area contributed by atoms with Crippen LogP contribution in [0.25, 0.3) is 0 Å². The van der Waals surface area contributed by atoms with Crippen molar-refractivity contribution in [1.82, 2.24) is 0 Å². The Hall–Kier alpha value is 0.0249. The van der Waals surface area contributed by atoms with E-state index in [0.717, 1.165) is 13.1 Å². The lowest BCUT2D eigenvalue weighted by atomic mass is 9.62. The molecule has 0 aromatic rings. The summed E-state index contributed by atoms with van der Waals surface area (Å²) in [6, 6.07) is 0. The van der Waals surface area contributed by atoms with E-state index in [4.69, 9.17) is 5.11 Å². The second kappa shape index (κ2) is 9.12. The van der Waals surface area contributed by atoms with Crippen LogP contribution in [0.15, 0.2) is 0 Å². The van der Waals surface area contributed by atoms with Gasteiger partial charge in [-0.15, -0.1) is 0 Å². The van der Waals surface area contributed by atoms with E-state index < -0.39 is 0 Å². The summed E-state index contributed by atoms with van der Waals surface area (Å²) in [5.74, 6) is 0.784. The van der Waals surface area contributed by atoms with E-state index >= 15 is 0 Å². The SMILES string of the molecule is CCCCCC(BCO)CCC. The van der Waals surface area contributed by atoms with Crippen molar-refractivity contribution in [1.29, 1.82) is 0 Å². The normalized spacial score (nSPS) is 12.9. The van der Waals surface area contributed by atoms with Crippen LogP contribution in [0.3, 0.4) is 0 Å². The van der Waals surface area contributed by atoms with Gasteiger partial charge in [-0.1, -0.05) is 58.2 Å². The number of rotatable bonds is 8. The van der Waals surface area contributed by atoms with Gasteiger partial charge in [0.1, 0.15) is 0 Å². The highest BCUT2D eigenvalue weighted by molar-refractivity contribution is 6.37. The van der Waals surface area contributed by atoms with Gasteiger partial charge < -0.3 is 5.11 Å².